The summed E-state index contributed by atoms with van der Waals surface area (Å²) in [7, 11) is 0. The predicted molar refractivity (Wildman–Crippen MR) is 97.1 cm³/mol. The van der Waals surface area contributed by atoms with Gasteiger partial charge in [0.05, 0.1) is 0 Å². The average Bonchev–Trinajstić information content (AvgIpc) is 2.51. The molecule has 3 heteroatoms. The van der Waals surface area contributed by atoms with Crippen LogP contribution in [0.5, 0.6) is 5.75 Å². The molecule has 1 rings (SSSR count). The van der Waals surface area contributed by atoms with Crippen LogP contribution in [0.25, 0.3) is 0 Å². The number of carbonyl (C=O) groups excluding carboxylic acids is 1. The third-order valence-electron chi connectivity index (χ3n) is 4.55. The Morgan fingerprint density at radius 2 is 1.91 bits per heavy atom. The maximum absolute atomic E-state index is 12.3. The van der Waals surface area contributed by atoms with Gasteiger partial charge in [0, 0.05) is 6.54 Å². The Kier molecular flexibility index (Phi) is 8.15. The lowest BCUT2D eigenvalue weighted by molar-refractivity contribution is -0.127. The quantitative estimate of drug-likeness (QED) is 0.715. The molecule has 1 amide bonds. The maximum Gasteiger partial charge on any atom is 0.260 e. The van der Waals surface area contributed by atoms with Gasteiger partial charge in [0.25, 0.3) is 5.91 Å². The second kappa shape index (κ2) is 9.59. The van der Waals surface area contributed by atoms with Crippen LogP contribution in [0, 0.1) is 26.7 Å². The number of hydrogen-bond donors (Lipinski definition) is 1. The van der Waals surface area contributed by atoms with Crippen LogP contribution in [0.2, 0.25) is 0 Å². The fraction of sp³-hybridized carbons (Fsp3) is 0.650. The number of amides is 1. The van der Waals surface area contributed by atoms with Crippen molar-refractivity contribution >= 4 is 5.91 Å². The summed E-state index contributed by atoms with van der Waals surface area (Å²) in [6.07, 6.45) is 4.24. The van der Waals surface area contributed by atoms with Crippen molar-refractivity contribution in [3.05, 3.63) is 28.8 Å². The zero-order valence-corrected chi connectivity index (χ0v) is 15.7. The van der Waals surface area contributed by atoms with E-state index in [1.54, 1.807) is 0 Å². The van der Waals surface area contributed by atoms with Gasteiger partial charge in [-0.3, -0.25) is 4.79 Å². The SMILES string of the molecule is CCCC[C@H](CC)CNC(=O)[C@@H](C)Oc1cc(C)cc(C)c1C. The second-order valence-electron chi connectivity index (χ2n) is 6.63. The van der Waals surface area contributed by atoms with Gasteiger partial charge < -0.3 is 10.1 Å². The molecule has 2 atom stereocenters. The average molecular weight is 319 g/mol. The Hall–Kier alpha value is -1.51. The first-order chi connectivity index (χ1) is 10.9. The lowest BCUT2D eigenvalue weighted by Gasteiger charge is -2.20. The van der Waals surface area contributed by atoms with Gasteiger partial charge in [-0.05, 0) is 62.8 Å². The van der Waals surface area contributed by atoms with Gasteiger partial charge in [0.1, 0.15) is 5.75 Å². The topological polar surface area (TPSA) is 38.3 Å². The zero-order valence-electron chi connectivity index (χ0n) is 15.7. The highest BCUT2D eigenvalue weighted by molar-refractivity contribution is 5.80. The molecule has 0 radical (unpaired) electrons. The van der Waals surface area contributed by atoms with Crippen molar-refractivity contribution in [1.29, 1.82) is 0 Å². The van der Waals surface area contributed by atoms with E-state index in [0.717, 1.165) is 29.8 Å². The highest BCUT2D eigenvalue weighted by atomic mass is 16.5. The van der Waals surface area contributed by atoms with E-state index in [-0.39, 0.29) is 5.91 Å². The minimum Gasteiger partial charge on any atom is -0.481 e. The van der Waals surface area contributed by atoms with Crippen LogP contribution in [0.4, 0.5) is 0 Å². The molecule has 0 unspecified atom stereocenters. The summed E-state index contributed by atoms with van der Waals surface area (Å²) < 4.78 is 5.90. The van der Waals surface area contributed by atoms with Crippen molar-refractivity contribution in [3.8, 4) is 5.75 Å². The fourth-order valence-corrected chi connectivity index (χ4v) is 2.70. The van der Waals surface area contributed by atoms with E-state index in [4.69, 9.17) is 4.74 Å². The number of carbonyl (C=O) groups is 1. The summed E-state index contributed by atoms with van der Waals surface area (Å²) in [5.41, 5.74) is 3.45. The van der Waals surface area contributed by atoms with Gasteiger partial charge in [0.15, 0.2) is 6.10 Å². The van der Waals surface area contributed by atoms with Gasteiger partial charge in [-0.15, -0.1) is 0 Å². The molecule has 0 fully saturated rings. The van der Waals surface area contributed by atoms with Gasteiger partial charge in [-0.1, -0.05) is 39.2 Å². The molecule has 0 saturated carbocycles. The molecule has 130 valence electrons. The van der Waals surface area contributed by atoms with Gasteiger partial charge in [-0.25, -0.2) is 0 Å². The number of benzene rings is 1. The van der Waals surface area contributed by atoms with Crippen LogP contribution in [-0.4, -0.2) is 18.6 Å². The molecule has 0 spiro atoms. The Balaban J connectivity index is 2.57. The molecule has 23 heavy (non-hydrogen) atoms. The van der Waals surface area contributed by atoms with E-state index in [9.17, 15) is 4.79 Å². The lowest BCUT2D eigenvalue weighted by atomic mass is 9.99. The van der Waals surface area contributed by atoms with E-state index in [1.165, 1.54) is 24.8 Å². The highest BCUT2D eigenvalue weighted by Crippen LogP contribution is 2.24. The number of aryl methyl sites for hydroxylation is 2. The smallest absolute Gasteiger partial charge is 0.260 e. The lowest BCUT2D eigenvalue weighted by Crippen LogP contribution is -2.39. The number of ether oxygens (including phenoxy) is 1. The van der Waals surface area contributed by atoms with E-state index in [1.807, 2.05) is 26.8 Å². The first-order valence-corrected chi connectivity index (χ1v) is 8.91. The molecule has 0 aliphatic carbocycles. The van der Waals surface area contributed by atoms with Crippen molar-refractivity contribution in [2.45, 2.75) is 73.3 Å². The molecule has 1 aromatic carbocycles. The normalized spacial score (nSPS) is 13.5. The van der Waals surface area contributed by atoms with Crippen LogP contribution in [0.3, 0.4) is 0 Å². The number of rotatable bonds is 9. The van der Waals surface area contributed by atoms with Crippen molar-refractivity contribution < 1.29 is 9.53 Å². The molecular weight excluding hydrogens is 286 g/mol. The van der Waals surface area contributed by atoms with Crippen LogP contribution in [-0.2, 0) is 4.79 Å². The van der Waals surface area contributed by atoms with Crippen molar-refractivity contribution in [2.24, 2.45) is 5.92 Å². The van der Waals surface area contributed by atoms with E-state index in [2.05, 4.69) is 32.2 Å². The highest BCUT2D eigenvalue weighted by Gasteiger charge is 2.17. The molecule has 3 nitrogen and oxygen atoms in total. The molecule has 0 saturated heterocycles. The third kappa shape index (κ3) is 6.25. The molecule has 0 bridgehead atoms. The van der Waals surface area contributed by atoms with Gasteiger partial charge in [0.2, 0.25) is 0 Å². The fourth-order valence-electron chi connectivity index (χ4n) is 2.70. The largest absolute Gasteiger partial charge is 0.481 e. The van der Waals surface area contributed by atoms with E-state index in [0.29, 0.717) is 5.92 Å². The van der Waals surface area contributed by atoms with Crippen LogP contribution < -0.4 is 10.1 Å². The summed E-state index contributed by atoms with van der Waals surface area (Å²) in [5, 5.41) is 3.05. The minimum absolute atomic E-state index is 0.0292. The Morgan fingerprint density at radius 3 is 2.52 bits per heavy atom. The maximum atomic E-state index is 12.3. The molecule has 0 aromatic heterocycles. The van der Waals surface area contributed by atoms with Crippen LogP contribution in [0.1, 0.15) is 63.1 Å². The summed E-state index contributed by atoms with van der Waals surface area (Å²) in [6.45, 7) is 13.1. The van der Waals surface area contributed by atoms with Crippen molar-refractivity contribution in [3.63, 3.8) is 0 Å². The van der Waals surface area contributed by atoms with Crippen molar-refractivity contribution in [2.75, 3.05) is 6.54 Å². The minimum atomic E-state index is -0.474. The predicted octanol–water partition coefficient (Wildman–Crippen LogP) is 4.71. The number of nitrogens with one attached hydrogen (secondary N) is 1. The second-order valence-corrected chi connectivity index (χ2v) is 6.63. The molecule has 0 heterocycles. The van der Waals surface area contributed by atoms with E-state index >= 15 is 0 Å². The van der Waals surface area contributed by atoms with Gasteiger partial charge >= 0.3 is 0 Å². The molecular formula is C20H33NO2. The monoisotopic (exact) mass is 319 g/mol. The third-order valence-corrected chi connectivity index (χ3v) is 4.55. The standard InChI is InChI=1S/C20H33NO2/c1-7-9-10-18(8-2)13-21-20(22)17(6)23-19-12-14(3)11-15(4)16(19)5/h11-12,17-18H,7-10,13H2,1-6H3,(H,21,22)/t17-,18+/m1/s1. The summed E-state index contributed by atoms with van der Waals surface area (Å²) in [5.74, 6) is 1.34. The number of hydrogen-bond acceptors (Lipinski definition) is 2. The van der Waals surface area contributed by atoms with Crippen molar-refractivity contribution in [1.82, 2.24) is 5.32 Å². The molecule has 0 aliphatic rings. The molecule has 1 aromatic rings. The first-order valence-electron chi connectivity index (χ1n) is 8.91. The Morgan fingerprint density at radius 1 is 1.22 bits per heavy atom. The Bertz CT molecular complexity index is 511. The first kappa shape index (κ1) is 19.5. The van der Waals surface area contributed by atoms with E-state index < -0.39 is 6.10 Å². The zero-order chi connectivity index (χ0) is 17.4. The summed E-state index contributed by atoms with van der Waals surface area (Å²) in [6, 6.07) is 4.13. The molecule has 0 aliphatic heterocycles. The summed E-state index contributed by atoms with van der Waals surface area (Å²) in [4.78, 5) is 12.3. The van der Waals surface area contributed by atoms with Crippen LogP contribution in [0.15, 0.2) is 12.1 Å². The molecule has 1 N–H and O–H groups in total. The van der Waals surface area contributed by atoms with Gasteiger partial charge in [-0.2, -0.15) is 0 Å². The summed E-state index contributed by atoms with van der Waals surface area (Å²) >= 11 is 0. The van der Waals surface area contributed by atoms with Crippen LogP contribution >= 0.6 is 0 Å². The Labute approximate surface area is 141 Å². The number of unbranched alkanes of at least 4 members (excludes halogenated alkanes) is 1.